The van der Waals surface area contributed by atoms with Crippen molar-refractivity contribution in [1.82, 2.24) is 0 Å². The molecular formula is C16H32O2Si. The van der Waals surface area contributed by atoms with E-state index in [4.69, 9.17) is 0 Å². The lowest BCUT2D eigenvalue weighted by molar-refractivity contribution is 0.00418. The standard InChI is InChI=1S/C16H32O2Si/c1-6-8-10-16(11-9-7-2,15(18)14-17)12-13-19(3,4)5/h15,17-18H,6-11,14H2,1-5H3. The molecule has 3 heteroatoms. The van der Waals surface area contributed by atoms with Gasteiger partial charge in [-0.3, -0.25) is 0 Å². The van der Waals surface area contributed by atoms with E-state index in [1.807, 2.05) is 0 Å². The minimum atomic E-state index is -1.46. The first-order valence-electron chi connectivity index (χ1n) is 7.64. The molecule has 0 aromatic heterocycles. The monoisotopic (exact) mass is 284 g/mol. The second-order valence-electron chi connectivity index (χ2n) is 6.56. The largest absolute Gasteiger partial charge is 0.394 e. The quantitative estimate of drug-likeness (QED) is 0.528. The van der Waals surface area contributed by atoms with Gasteiger partial charge in [-0.2, -0.15) is 0 Å². The van der Waals surface area contributed by atoms with Gasteiger partial charge in [-0.1, -0.05) is 59.2 Å². The SMILES string of the molecule is CCCCC(C#C[Si](C)(C)C)(CCCC)C(O)CO. The van der Waals surface area contributed by atoms with Crippen LogP contribution in [0.2, 0.25) is 19.6 Å². The van der Waals surface area contributed by atoms with E-state index in [1.54, 1.807) is 0 Å². The van der Waals surface area contributed by atoms with Crippen molar-refractivity contribution in [3.05, 3.63) is 0 Å². The molecule has 0 aromatic rings. The maximum absolute atomic E-state index is 10.3. The molecule has 19 heavy (non-hydrogen) atoms. The van der Waals surface area contributed by atoms with Crippen LogP contribution in [0.3, 0.4) is 0 Å². The average molecular weight is 285 g/mol. The number of aliphatic hydroxyl groups is 2. The summed E-state index contributed by atoms with van der Waals surface area (Å²) >= 11 is 0. The predicted octanol–water partition coefficient (Wildman–Crippen LogP) is 3.59. The van der Waals surface area contributed by atoms with Crippen molar-refractivity contribution in [3.8, 4) is 11.5 Å². The summed E-state index contributed by atoms with van der Waals surface area (Å²) in [5.41, 5.74) is 3.01. The molecular weight excluding hydrogens is 252 g/mol. The number of hydrogen-bond donors (Lipinski definition) is 2. The Balaban J connectivity index is 5.25. The van der Waals surface area contributed by atoms with Crippen molar-refractivity contribution in [2.45, 2.75) is 78.1 Å². The van der Waals surface area contributed by atoms with E-state index in [1.165, 1.54) is 0 Å². The molecule has 1 atom stereocenters. The van der Waals surface area contributed by atoms with Gasteiger partial charge in [0.05, 0.1) is 18.1 Å². The molecule has 0 rings (SSSR count). The summed E-state index contributed by atoms with van der Waals surface area (Å²) in [5, 5.41) is 19.7. The van der Waals surface area contributed by atoms with E-state index in [-0.39, 0.29) is 6.61 Å². The fraction of sp³-hybridized carbons (Fsp3) is 0.875. The zero-order valence-corrected chi connectivity index (χ0v) is 14.4. The molecule has 0 radical (unpaired) electrons. The van der Waals surface area contributed by atoms with Gasteiger partial charge in [-0.05, 0) is 12.8 Å². The molecule has 0 saturated carbocycles. The van der Waals surface area contributed by atoms with Gasteiger partial charge in [0.25, 0.3) is 0 Å². The van der Waals surface area contributed by atoms with E-state index >= 15 is 0 Å². The first kappa shape index (κ1) is 18.7. The predicted molar refractivity (Wildman–Crippen MR) is 85.7 cm³/mol. The summed E-state index contributed by atoms with van der Waals surface area (Å²) < 4.78 is 0. The molecule has 0 bridgehead atoms. The van der Waals surface area contributed by atoms with Crippen molar-refractivity contribution in [2.24, 2.45) is 5.41 Å². The molecule has 0 aliphatic rings. The van der Waals surface area contributed by atoms with E-state index in [2.05, 4.69) is 45.0 Å². The minimum absolute atomic E-state index is 0.187. The lowest BCUT2D eigenvalue weighted by atomic mass is 9.74. The number of hydrogen-bond acceptors (Lipinski definition) is 2. The summed E-state index contributed by atoms with van der Waals surface area (Å²) in [4.78, 5) is 0. The minimum Gasteiger partial charge on any atom is -0.394 e. The molecule has 2 nitrogen and oxygen atoms in total. The van der Waals surface area contributed by atoms with Crippen molar-refractivity contribution < 1.29 is 10.2 Å². The zero-order valence-electron chi connectivity index (χ0n) is 13.4. The highest BCUT2D eigenvalue weighted by Crippen LogP contribution is 2.34. The van der Waals surface area contributed by atoms with E-state index in [0.717, 1.165) is 38.5 Å². The molecule has 0 amide bonds. The van der Waals surface area contributed by atoms with Crippen LogP contribution in [0.1, 0.15) is 52.4 Å². The Morgan fingerprint density at radius 2 is 1.53 bits per heavy atom. The van der Waals surface area contributed by atoms with Gasteiger partial charge in [-0.15, -0.1) is 11.5 Å². The number of unbranched alkanes of at least 4 members (excludes halogenated alkanes) is 2. The molecule has 0 heterocycles. The van der Waals surface area contributed by atoms with Crippen molar-refractivity contribution >= 4 is 8.07 Å². The van der Waals surface area contributed by atoms with Crippen molar-refractivity contribution in [3.63, 3.8) is 0 Å². The third-order valence-corrected chi connectivity index (χ3v) is 4.33. The van der Waals surface area contributed by atoms with Gasteiger partial charge >= 0.3 is 0 Å². The van der Waals surface area contributed by atoms with Crippen molar-refractivity contribution in [1.29, 1.82) is 0 Å². The van der Waals surface area contributed by atoms with Gasteiger partial charge in [0, 0.05) is 0 Å². The molecule has 0 aliphatic heterocycles. The topological polar surface area (TPSA) is 40.5 Å². The fourth-order valence-corrected chi connectivity index (χ4v) is 2.76. The van der Waals surface area contributed by atoms with E-state index < -0.39 is 19.6 Å². The van der Waals surface area contributed by atoms with Crippen LogP contribution in [0.25, 0.3) is 0 Å². The molecule has 0 spiro atoms. The van der Waals surface area contributed by atoms with Crippen LogP contribution >= 0.6 is 0 Å². The summed E-state index contributed by atoms with van der Waals surface area (Å²) in [6, 6.07) is 0. The van der Waals surface area contributed by atoms with Crippen LogP contribution in [0.15, 0.2) is 0 Å². The molecule has 2 N–H and O–H groups in total. The summed E-state index contributed by atoms with van der Waals surface area (Å²) in [5.74, 6) is 3.40. The van der Waals surface area contributed by atoms with Crippen molar-refractivity contribution in [2.75, 3.05) is 6.61 Å². The average Bonchev–Trinajstić information content (AvgIpc) is 2.36. The highest BCUT2D eigenvalue weighted by atomic mass is 28.3. The van der Waals surface area contributed by atoms with Crippen LogP contribution in [-0.4, -0.2) is 31.0 Å². The second-order valence-corrected chi connectivity index (χ2v) is 11.3. The second kappa shape index (κ2) is 8.79. The van der Waals surface area contributed by atoms with Gasteiger partial charge in [-0.25, -0.2) is 0 Å². The molecule has 0 aliphatic carbocycles. The van der Waals surface area contributed by atoms with Crippen LogP contribution in [0.5, 0.6) is 0 Å². The third kappa shape index (κ3) is 7.15. The lowest BCUT2D eigenvalue weighted by Gasteiger charge is -2.33. The number of aliphatic hydroxyl groups excluding tert-OH is 2. The Labute approximate surface area is 120 Å². The van der Waals surface area contributed by atoms with Crippen LogP contribution in [0.4, 0.5) is 0 Å². The van der Waals surface area contributed by atoms with Gasteiger partial charge in [0.15, 0.2) is 0 Å². The molecule has 0 saturated heterocycles. The molecule has 112 valence electrons. The van der Waals surface area contributed by atoms with E-state index in [0.29, 0.717) is 0 Å². The molecule has 0 aromatic carbocycles. The zero-order chi connectivity index (χ0) is 14.9. The fourth-order valence-electron chi connectivity index (χ4n) is 2.14. The maximum Gasteiger partial charge on any atom is 0.129 e. The number of rotatable bonds is 8. The Kier molecular flexibility index (Phi) is 8.65. The highest BCUT2D eigenvalue weighted by Gasteiger charge is 2.35. The third-order valence-electron chi connectivity index (χ3n) is 3.45. The van der Waals surface area contributed by atoms with Gasteiger partial charge < -0.3 is 10.2 Å². The summed E-state index contributed by atoms with van der Waals surface area (Å²) in [7, 11) is -1.46. The smallest absolute Gasteiger partial charge is 0.129 e. The Bertz CT molecular complexity index is 288. The summed E-state index contributed by atoms with van der Waals surface area (Å²) in [6.45, 7) is 10.8. The lowest BCUT2D eigenvalue weighted by Crippen LogP contribution is -2.37. The van der Waals surface area contributed by atoms with Gasteiger partial charge in [0.1, 0.15) is 8.07 Å². The molecule has 1 unspecified atom stereocenters. The maximum atomic E-state index is 10.3. The first-order valence-corrected chi connectivity index (χ1v) is 11.1. The van der Waals surface area contributed by atoms with Crippen LogP contribution in [0, 0.1) is 16.9 Å². The molecule has 0 fully saturated rings. The van der Waals surface area contributed by atoms with E-state index in [9.17, 15) is 10.2 Å². The van der Waals surface area contributed by atoms with Crippen LogP contribution < -0.4 is 0 Å². The Morgan fingerprint density at radius 1 is 1.05 bits per heavy atom. The van der Waals surface area contributed by atoms with Crippen LogP contribution in [-0.2, 0) is 0 Å². The first-order chi connectivity index (χ1) is 8.81. The highest BCUT2D eigenvalue weighted by molar-refractivity contribution is 6.83. The van der Waals surface area contributed by atoms with Gasteiger partial charge in [0.2, 0.25) is 0 Å². The Hall–Kier alpha value is -0.303. The summed E-state index contributed by atoms with van der Waals surface area (Å²) in [6.07, 6.45) is 5.38. The Morgan fingerprint density at radius 3 is 1.84 bits per heavy atom. The normalized spacial score (nSPS) is 13.8.